The van der Waals surface area contributed by atoms with E-state index >= 15 is 0 Å². The van der Waals surface area contributed by atoms with Gasteiger partial charge in [0.25, 0.3) is 0 Å². The lowest BCUT2D eigenvalue weighted by atomic mass is 10.2. The summed E-state index contributed by atoms with van der Waals surface area (Å²) in [6.07, 6.45) is 1.41. The van der Waals surface area contributed by atoms with Gasteiger partial charge in [0.15, 0.2) is 11.6 Å². The van der Waals surface area contributed by atoms with Gasteiger partial charge < -0.3 is 0 Å². The van der Waals surface area contributed by atoms with E-state index in [1.54, 1.807) is 36.4 Å². The molecule has 1 N–H and O–H groups in total. The molecule has 1 heterocycles. The topological polar surface area (TPSA) is 50.2 Å². The van der Waals surface area contributed by atoms with E-state index in [9.17, 15) is 4.39 Å². The van der Waals surface area contributed by atoms with Gasteiger partial charge in [-0.25, -0.2) is 14.4 Å². The number of nitrogens with zero attached hydrogens (tertiary/aromatic N) is 3. The number of benzene rings is 3. The van der Waals surface area contributed by atoms with Crippen LogP contribution in [0, 0.1) is 5.82 Å². The molecule has 0 aliphatic carbocycles. The maximum Gasteiger partial charge on any atom is 0.162 e. The molecule has 0 saturated carbocycles. The lowest BCUT2D eigenvalue weighted by Gasteiger charge is -2.09. The van der Waals surface area contributed by atoms with Gasteiger partial charge in [-0.2, -0.15) is 5.10 Å². The summed E-state index contributed by atoms with van der Waals surface area (Å²) in [5.74, 6) is 0.622. The number of hydrogen-bond acceptors (Lipinski definition) is 4. The molecule has 1 aromatic heterocycles. The molecule has 7 heteroatoms. The molecule has 0 aliphatic rings. The summed E-state index contributed by atoms with van der Waals surface area (Å²) < 4.78 is 13.8. The highest BCUT2D eigenvalue weighted by Gasteiger charge is 2.10. The summed E-state index contributed by atoms with van der Waals surface area (Å²) >= 11 is 12.1. The lowest BCUT2D eigenvalue weighted by Crippen LogP contribution is -1.99. The first-order chi connectivity index (χ1) is 13.6. The average Bonchev–Trinajstić information content (AvgIpc) is 2.71. The average molecular weight is 411 g/mol. The molecule has 4 rings (SSSR count). The van der Waals surface area contributed by atoms with E-state index in [0.29, 0.717) is 27.3 Å². The van der Waals surface area contributed by atoms with E-state index in [4.69, 9.17) is 23.2 Å². The summed E-state index contributed by atoms with van der Waals surface area (Å²) in [6, 6.07) is 19.1. The third-order valence-electron chi connectivity index (χ3n) is 4.06. The summed E-state index contributed by atoms with van der Waals surface area (Å²) in [4.78, 5) is 9.16. The molecule has 0 atom stereocenters. The highest BCUT2D eigenvalue weighted by atomic mass is 35.5. The Balaban J connectivity index is 1.74. The Bertz CT molecular complexity index is 1190. The maximum atomic E-state index is 13.8. The minimum Gasteiger partial charge on any atom is -0.261 e. The largest absolute Gasteiger partial charge is 0.261 e. The van der Waals surface area contributed by atoms with Crippen molar-refractivity contribution in [1.82, 2.24) is 9.97 Å². The number of hydrogen-bond donors (Lipinski definition) is 1. The number of fused-ring (bicyclic) bond motifs is 1. The second kappa shape index (κ2) is 7.92. The van der Waals surface area contributed by atoms with Gasteiger partial charge in [-0.05, 0) is 36.4 Å². The van der Waals surface area contributed by atoms with E-state index in [0.717, 1.165) is 16.5 Å². The van der Waals surface area contributed by atoms with Gasteiger partial charge in [0.2, 0.25) is 0 Å². The van der Waals surface area contributed by atoms with Gasteiger partial charge >= 0.3 is 0 Å². The standard InChI is InChI=1S/C21H13Cl2FN4/c22-16-10-9-13(11-17(16)23)20-26-19-8-4-2-6-15(19)21(27-20)28-25-12-14-5-1-3-7-18(14)24/h1-12H,(H,26,27,28)/b25-12+. The molecule has 3 aromatic carbocycles. The molecule has 0 bridgehead atoms. The SMILES string of the molecule is Fc1ccccc1/C=N/Nc1nc(-c2ccc(Cl)c(Cl)c2)nc2ccccc12. The smallest absolute Gasteiger partial charge is 0.162 e. The van der Waals surface area contributed by atoms with Crippen molar-refractivity contribution in [1.29, 1.82) is 0 Å². The number of nitrogens with one attached hydrogen (secondary N) is 1. The van der Waals surface area contributed by atoms with Crippen molar-refractivity contribution in [2.24, 2.45) is 5.10 Å². The highest BCUT2D eigenvalue weighted by Crippen LogP contribution is 2.29. The Kier molecular flexibility index (Phi) is 5.19. The molecule has 0 radical (unpaired) electrons. The van der Waals surface area contributed by atoms with Crippen molar-refractivity contribution in [3.05, 3.63) is 88.2 Å². The third-order valence-corrected chi connectivity index (χ3v) is 4.80. The zero-order valence-electron chi connectivity index (χ0n) is 14.4. The fourth-order valence-electron chi connectivity index (χ4n) is 2.67. The Labute approximate surface area is 170 Å². The monoisotopic (exact) mass is 410 g/mol. The number of anilines is 1. The summed E-state index contributed by atoms with van der Waals surface area (Å²) in [7, 11) is 0. The third kappa shape index (κ3) is 3.81. The molecule has 0 spiro atoms. The molecule has 0 saturated heterocycles. The normalized spacial score (nSPS) is 11.2. The van der Waals surface area contributed by atoms with E-state index < -0.39 is 0 Å². The first-order valence-electron chi connectivity index (χ1n) is 8.37. The van der Waals surface area contributed by atoms with Crippen molar-refractivity contribution < 1.29 is 4.39 Å². The zero-order valence-corrected chi connectivity index (χ0v) is 15.9. The van der Waals surface area contributed by atoms with Crippen molar-refractivity contribution in [3.8, 4) is 11.4 Å². The Hall–Kier alpha value is -3.02. The van der Waals surface area contributed by atoms with Crippen LogP contribution < -0.4 is 5.43 Å². The van der Waals surface area contributed by atoms with Crippen molar-refractivity contribution in [2.75, 3.05) is 5.43 Å². The van der Waals surface area contributed by atoms with Crippen LogP contribution in [0.1, 0.15) is 5.56 Å². The Morgan fingerprint density at radius 1 is 0.893 bits per heavy atom. The quantitative estimate of drug-likeness (QED) is 0.322. The van der Waals surface area contributed by atoms with Gasteiger partial charge in [0, 0.05) is 16.5 Å². The van der Waals surface area contributed by atoms with E-state index in [-0.39, 0.29) is 5.82 Å². The Morgan fingerprint density at radius 3 is 2.50 bits per heavy atom. The second-order valence-electron chi connectivity index (χ2n) is 5.93. The summed E-state index contributed by atoms with van der Waals surface area (Å²) in [6.45, 7) is 0. The van der Waals surface area contributed by atoms with E-state index in [1.807, 2.05) is 24.3 Å². The van der Waals surface area contributed by atoms with E-state index in [1.165, 1.54) is 12.3 Å². The van der Waals surface area contributed by atoms with Crippen LogP contribution in [0.5, 0.6) is 0 Å². The van der Waals surface area contributed by atoms with E-state index in [2.05, 4.69) is 20.5 Å². The van der Waals surface area contributed by atoms with Gasteiger partial charge in [0.05, 0.1) is 21.8 Å². The van der Waals surface area contributed by atoms with Crippen LogP contribution in [-0.4, -0.2) is 16.2 Å². The first-order valence-corrected chi connectivity index (χ1v) is 9.13. The fourth-order valence-corrected chi connectivity index (χ4v) is 2.97. The number of para-hydroxylation sites is 1. The molecule has 0 unspecified atom stereocenters. The Morgan fingerprint density at radius 2 is 1.68 bits per heavy atom. The van der Waals surface area contributed by atoms with Crippen LogP contribution in [0.25, 0.3) is 22.3 Å². The second-order valence-corrected chi connectivity index (χ2v) is 6.75. The fraction of sp³-hybridized carbons (Fsp3) is 0. The molecule has 0 aliphatic heterocycles. The predicted molar refractivity (Wildman–Crippen MR) is 113 cm³/mol. The van der Waals surface area contributed by atoms with Crippen LogP contribution in [-0.2, 0) is 0 Å². The molecule has 0 fully saturated rings. The molecular weight excluding hydrogens is 398 g/mol. The molecular formula is C21H13Cl2FN4. The molecule has 138 valence electrons. The molecule has 28 heavy (non-hydrogen) atoms. The van der Waals surface area contributed by atoms with Crippen LogP contribution in [0.3, 0.4) is 0 Å². The van der Waals surface area contributed by atoms with Crippen molar-refractivity contribution in [3.63, 3.8) is 0 Å². The first kappa shape index (κ1) is 18.3. The van der Waals surface area contributed by atoms with Crippen LogP contribution in [0.4, 0.5) is 10.2 Å². The number of aromatic nitrogens is 2. The van der Waals surface area contributed by atoms with Crippen LogP contribution in [0.2, 0.25) is 10.0 Å². The van der Waals surface area contributed by atoms with Gasteiger partial charge in [-0.15, -0.1) is 0 Å². The minimum absolute atomic E-state index is 0.350. The predicted octanol–water partition coefficient (Wildman–Crippen LogP) is 6.19. The number of hydrazone groups is 1. The minimum atomic E-state index is -0.350. The maximum absolute atomic E-state index is 13.8. The summed E-state index contributed by atoms with van der Waals surface area (Å²) in [5.41, 5.74) is 4.73. The van der Waals surface area contributed by atoms with Gasteiger partial charge in [-0.3, -0.25) is 5.43 Å². The highest BCUT2D eigenvalue weighted by molar-refractivity contribution is 6.42. The number of rotatable bonds is 4. The van der Waals surface area contributed by atoms with Crippen LogP contribution in [0.15, 0.2) is 71.8 Å². The molecule has 4 nitrogen and oxygen atoms in total. The zero-order chi connectivity index (χ0) is 19.5. The van der Waals surface area contributed by atoms with Crippen molar-refractivity contribution in [2.45, 2.75) is 0 Å². The molecule has 4 aromatic rings. The molecule has 0 amide bonds. The van der Waals surface area contributed by atoms with Gasteiger partial charge in [0.1, 0.15) is 5.82 Å². The van der Waals surface area contributed by atoms with Gasteiger partial charge in [-0.1, -0.05) is 53.5 Å². The van der Waals surface area contributed by atoms with Crippen LogP contribution >= 0.6 is 23.2 Å². The summed E-state index contributed by atoms with van der Waals surface area (Å²) in [5, 5.41) is 5.80. The number of halogens is 3. The lowest BCUT2D eigenvalue weighted by molar-refractivity contribution is 0.626. The van der Waals surface area contributed by atoms with Crippen molar-refractivity contribution >= 4 is 46.1 Å².